The third kappa shape index (κ3) is 1.49. The molecule has 0 aliphatic carbocycles. The van der Waals surface area contributed by atoms with Crippen LogP contribution in [0, 0.1) is 5.82 Å². The summed E-state index contributed by atoms with van der Waals surface area (Å²) in [6.45, 7) is 0. The lowest BCUT2D eigenvalue weighted by Gasteiger charge is -2.07. The molecule has 16 heavy (non-hydrogen) atoms. The van der Waals surface area contributed by atoms with Crippen molar-refractivity contribution in [2.45, 2.75) is 0 Å². The minimum atomic E-state index is -0.759. The number of nitrogens with two attached hydrogens (primary N) is 1. The summed E-state index contributed by atoms with van der Waals surface area (Å²) in [6, 6.07) is 1.04. The molecule has 0 bridgehead atoms. The van der Waals surface area contributed by atoms with Crippen LogP contribution in [0.25, 0.3) is 11.1 Å². The lowest BCUT2D eigenvalue weighted by atomic mass is 10.1. The third-order valence-electron chi connectivity index (χ3n) is 2.04. The van der Waals surface area contributed by atoms with E-state index in [0.29, 0.717) is 0 Å². The topological polar surface area (TPSA) is 92.5 Å². The van der Waals surface area contributed by atoms with Crippen molar-refractivity contribution in [3.05, 3.63) is 22.6 Å². The maximum atomic E-state index is 13.7. The number of halogens is 2. The summed E-state index contributed by atoms with van der Waals surface area (Å²) in [4.78, 5) is 0. The van der Waals surface area contributed by atoms with Crippen molar-refractivity contribution in [2.24, 2.45) is 0 Å². The maximum absolute atomic E-state index is 13.7. The number of rotatable bonds is 1. The van der Waals surface area contributed by atoms with Gasteiger partial charge in [0.25, 0.3) is 0 Å². The number of phenolic OH excluding ortho intramolecular Hbond substituents is 2. The quantitative estimate of drug-likeness (QED) is 0.700. The highest BCUT2D eigenvalue weighted by molar-refractivity contribution is 9.10. The van der Waals surface area contributed by atoms with Crippen molar-refractivity contribution in [2.75, 3.05) is 5.73 Å². The van der Waals surface area contributed by atoms with Crippen LogP contribution < -0.4 is 5.73 Å². The summed E-state index contributed by atoms with van der Waals surface area (Å²) in [5.41, 5.74) is 5.22. The van der Waals surface area contributed by atoms with E-state index in [0.717, 1.165) is 12.3 Å². The summed E-state index contributed by atoms with van der Waals surface area (Å²) < 4.78 is 18.3. The molecular weight excluding hydrogens is 283 g/mol. The number of aromatic nitrogens is 1. The second-order valence-corrected chi connectivity index (χ2v) is 3.87. The number of nitrogen functional groups attached to an aromatic ring is 1. The van der Waals surface area contributed by atoms with Crippen molar-refractivity contribution >= 4 is 21.8 Å². The molecule has 84 valence electrons. The van der Waals surface area contributed by atoms with Crippen LogP contribution >= 0.6 is 15.9 Å². The van der Waals surface area contributed by atoms with Gasteiger partial charge in [-0.3, -0.25) is 0 Å². The molecule has 0 aliphatic heterocycles. The summed E-state index contributed by atoms with van der Waals surface area (Å²) in [5, 5.41) is 22.3. The van der Waals surface area contributed by atoms with Crippen LogP contribution in [0.5, 0.6) is 11.5 Å². The SMILES string of the molecule is Nc1oncc1-c1c(O)c(O)cc(Br)c1F. The Balaban J connectivity index is 2.79. The molecule has 0 spiro atoms. The van der Waals surface area contributed by atoms with Gasteiger partial charge in [0.05, 0.1) is 21.8 Å². The first-order valence-corrected chi connectivity index (χ1v) is 4.92. The van der Waals surface area contributed by atoms with Crippen LogP contribution in [0.2, 0.25) is 0 Å². The Bertz CT molecular complexity index is 530. The van der Waals surface area contributed by atoms with E-state index < -0.39 is 17.3 Å². The first kappa shape index (κ1) is 10.7. The monoisotopic (exact) mass is 288 g/mol. The van der Waals surface area contributed by atoms with E-state index in [1.807, 2.05) is 0 Å². The standard InChI is InChI=1S/C9H6BrFN2O3/c10-4-1-5(14)8(15)6(7(4)11)3-2-13-16-9(3)12/h1-2,14-15H,12H2. The molecule has 0 saturated carbocycles. The van der Waals surface area contributed by atoms with Gasteiger partial charge in [0, 0.05) is 6.07 Å². The van der Waals surface area contributed by atoms with Gasteiger partial charge in [-0.25, -0.2) is 4.39 Å². The number of hydrogen-bond donors (Lipinski definition) is 3. The molecule has 5 nitrogen and oxygen atoms in total. The van der Waals surface area contributed by atoms with E-state index in [4.69, 9.17) is 5.73 Å². The second-order valence-electron chi connectivity index (χ2n) is 3.02. The third-order valence-corrected chi connectivity index (χ3v) is 2.62. The van der Waals surface area contributed by atoms with E-state index in [-0.39, 0.29) is 21.5 Å². The minimum absolute atomic E-state index is 0.00148. The zero-order chi connectivity index (χ0) is 11.9. The molecule has 7 heteroatoms. The van der Waals surface area contributed by atoms with Gasteiger partial charge in [0.2, 0.25) is 5.88 Å². The predicted octanol–water partition coefficient (Wildman–Crippen LogP) is 2.24. The van der Waals surface area contributed by atoms with Gasteiger partial charge >= 0.3 is 0 Å². The van der Waals surface area contributed by atoms with Gasteiger partial charge in [-0.05, 0) is 15.9 Å². The van der Waals surface area contributed by atoms with Crippen LogP contribution in [0.1, 0.15) is 0 Å². The summed E-state index contributed by atoms with van der Waals surface area (Å²) in [7, 11) is 0. The van der Waals surface area contributed by atoms with Gasteiger partial charge in [-0.2, -0.15) is 0 Å². The Labute approximate surface area is 97.4 Å². The highest BCUT2D eigenvalue weighted by Gasteiger charge is 2.21. The average Bonchev–Trinajstić information content (AvgIpc) is 2.63. The number of aromatic hydroxyl groups is 2. The molecule has 0 aliphatic rings. The molecule has 0 atom stereocenters. The average molecular weight is 289 g/mol. The number of anilines is 1. The van der Waals surface area contributed by atoms with E-state index >= 15 is 0 Å². The minimum Gasteiger partial charge on any atom is -0.504 e. The molecule has 4 N–H and O–H groups in total. The molecule has 0 radical (unpaired) electrons. The van der Waals surface area contributed by atoms with Crippen LogP contribution in [0.15, 0.2) is 21.3 Å². The second kappa shape index (κ2) is 3.67. The molecule has 0 fully saturated rings. The van der Waals surface area contributed by atoms with Crippen molar-refractivity contribution < 1.29 is 19.1 Å². The fourth-order valence-electron chi connectivity index (χ4n) is 1.29. The molecule has 1 aromatic carbocycles. The van der Waals surface area contributed by atoms with Crippen LogP contribution in [0.4, 0.5) is 10.3 Å². The molecule has 1 aromatic heterocycles. The fourth-order valence-corrected chi connectivity index (χ4v) is 1.70. The highest BCUT2D eigenvalue weighted by Crippen LogP contribution is 2.43. The van der Waals surface area contributed by atoms with Crippen molar-refractivity contribution in [1.29, 1.82) is 0 Å². The largest absolute Gasteiger partial charge is 0.504 e. The van der Waals surface area contributed by atoms with E-state index in [9.17, 15) is 14.6 Å². The van der Waals surface area contributed by atoms with Crippen molar-refractivity contribution in [3.63, 3.8) is 0 Å². The number of phenols is 2. The number of hydrogen-bond acceptors (Lipinski definition) is 5. The Morgan fingerprint density at radius 1 is 1.44 bits per heavy atom. The zero-order valence-electron chi connectivity index (χ0n) is 7.74. The molecule has 0 saturated heterocycles. The summed E-state index contributed by atoms with van der Waals surface area (Å²) in [5.74, 6) is -1.99. The van der Waals surface area contributed by atoms with Gasteiger partial charge in [0.1, 0.15) is 5.82 Å². The molecule has 2 aromatic rings. The Morgan fingerprint density at radius 3 is 2.69 bits per heavy atom. The van der Waals surface area contributed by atoms with Gasteiger partial charge in [-0.1, -0.05) is 5.16 Å². The Kier molecular flexibility index (Phi) is 2.47. The van der Waals surface area contributed by atoms with Gasteiger partial charge in [0.15, 0.2) is 11.5 Å². The molecule has 0 unspecified atom stereocenters. The van der Waals surface area contributed by atoms with Gasteiger partial charge < -0.3 is 20.5 Å². The first-order valence-electron chi connectivity index (χ1n) is 4.12. The normalized spacial score (nSPS) is 10.6. The van der Waals surface area contributed by atoms with E-state index in [1.165, 1.54) is 0 Å². The van der Waals surface area contributed by atoms with E-state index in [1.54, 1.807) is 0 Å². The van der Waals surface area contributed by atoms with E-state index in [2.05, 4.69) is 25.6 Å². The fraction of sp³-hybridized carbons (Fsp3) is 0. The van der Waals surface area contributed by atoms with Crippen molar-refractivity contribution in [3.8, 4) is 22.6 Å². The maximum Gasteiger partial charge on any atom is 0.230 e. The summed E-state index contributed by atoms with van der Waals surface area (Å²) >= 11 is 2.90. The predicted molar refractivity (Wildman–Crippen MR) is 57.3 cm³/mol. The first-order chi connectivity index (χ1) is 7.52. The van der Waals surface area contributed by atoms with Crippen LogP contribution in [-0.2, 0) is 0 Å². The van der Waals surface area contributed by atoms with Crippen LogP contribution in [0.3, 0.4) is 0 Å². The zero-order valence-corrected chi connectivity index (χ0v) is 9.32. The Morgan fingerprint density at radius 2 is 2.12 bits per heavy atom. The lowest BCUT2D eigenvalue weighted by molar-refractivity contribution is 0.401. The summed E-state index contributed by atoms with van der Waals surface area (Å²) in [6.07, 6.45) is 1.15. The molecule has 2 rings (SSSR count). The molecular formula is C9H6BrFN2O3. The van der Waals surface area contributed by atoms with Gasteiger partial charge in [-0.15, -0.1) is 0 Å². The number of nitrogens with zero attached hydrogens (tertiary/aromatic N) is 1. The van der Waals surface area contributed by atoms with Crippen molar-refractivity contribution in [1.82, 2.24) is 5.16 Å². The molecule has 1 heterocycles. The lowest BCUT2D eigenvalue weighted by Crippen LogP contribution is -1.90. The number of benzene rings is 1. The smallest absolute Gasteiger partial charge is 0.230 e. The molecule has 0 amide bonds. The highest BCUT2D eigenvalue weighted by atomic mass is 79.9. The Hall–Kier alpha value is -1.76. The van der Waals surface area contributed by atoms with Crippen LogP contribution in [-0.4, -0.2) is 15.4 Å².